The van der Waals surface area contributed by atoms with Crippen LogP contribution in [0, 0.1) is 34.5 Å². The normalized spacial score (nSPS) is 38.7. The maximum absolute atomic E-state index is 13.0. The molecule has 1 heterocycles. The SMILES string of the molecule is CC(=O)O[C@@H]1C[C@@H](C)[C@](O)(CCC2=CC(=O)OC2)[C@@]2(CCCC(C)C)CCC[C@@](C)(C3CCCCC3)[C@H]12. The van der Waals surface area contributed by atoms with Crippen LogP contribution < -0.4 is 0 Å². The van der Waals surface area contributed by atoms with Gasteiger partial charge in [0.05, 0.1) is 5.60 Å². The number of cyclic esters (lactones) is 1. The number of esters is 2. The Hall–Kier alpha value is -1.36. The van der Waals surface area contributed by atoms with Gasteiger partial charge in [0.2, 0.25) is 0 Å². The number of carbonyl (C=O) groups is 2. The predicted molar refractivity (Wildman–Crippen MR) is 146 cm³/mol. The Morgan fingerprint density at radius 3 is 2.51 bits per heavy atom. The monoisotopic (exact) mass is 516 g/mol. The van der Waals surface area contributed by atoms with Crippen molar-refractivity contribution in [3.63, 3.8) is 0 Å². The third-order valence-corrected chi connectivity index (χ3v) is 11.1. The van der Waals surface area contributed by atoms with Crippen molar-refractivity contribution in [2.75, 3.05) is 6.61 Å². The van der Waals surface area contributed by atoms with E-state index in [0.29, 0.717) is 37.7 Å². The average molecular weight is 517 g/mol. The lowest BCUT2D eigenvalue weighted by Crippen LogP contribution is -2.69. The molecule has 5 heteroatoms. The molecule has 5 nitrogen and oxygen atoms in total. The smallest absolute Gasteiger partial charge is 0.331 e. The van der Waals surface area contributed by atoms with Crippen molar-refractivity contribution < 1.29 is 24.2 Å². The Morgan fingerprint density at radius 1 is 1.16 bits per heavy atom. The number of aliphatic hydroxyl groups is 1. The first kappa shape index (κ1) is 28.6. The molecule has 4 aliphatic rings. The summed E-state index contributed by atoms with van der Waals surface area (Å²) < 4.78 is 11.4. The molecule has 3 aliphatic carbocycles. The van der Waals surface area contributed by atoms with E-state index < -0.39 is 5.60 Å². The molecule has 0 bridgehead atoms. The molecule has 4 rings (SSSR count). The zero-order chi connectivity index (χ0) is 26.8. The van der Waals surface area contributed by atoms with E-state index in [9.17, 15) is 14.7 Å². The third kappa shape index (κ3) is 5.54. The van der Waals surface area contributed by atoms with E-state index in [1.807, 2.05) is 0 Å². The molecule has 0 amide bonds. The minimum atomic E-state index is -0.867. The number of carbonyl (C=O) groups excluding carboxylic acids is 2. The molecule has 1 aliphatic heterocycles. The molecule has 6 atom stereocenters. The highest BCUT2D eigenvalue weighted by Gasteiger charge is 2.68. The van der Waals surface area contributed by atoms with Crippen LogP contribution in [0.2, 0.25) is 0 Å². The molecule has 0 radical (unpaired) electrons. The molecular formula is C32H52O5. The Bertz CT molecular complexity index is 857. The second-order valence-electron chi connectivity index (χ2n) is 13.7. The molecule has 0 unspecified atom stereocenters. The first-order chi connectivity index (χ1) is 17.5. The summed E-state index contributed by atoms with van der Waals surface area (Å²) in [5, 5.41) is 13.0. The van der Waals surface area contributed by atoms with Gasteiger partial charge in [-0.15, -0.1) is 0 Å². The van der Waals surface area contributed by atoms with Gasteiger partial charge in [-0.1, -0.05) is 66.2 Å². The van der Waals surface area contributed by atoms with Gasteiger partial charge in [0, 0.05) is 24.3 Å². The van der Waals surface area contributed by atoms with Crippen molar-refractivity contribution in [3.8, 4) is 0 Å². The van der Waals surface area contributed by atoms with Gasteiger partial charge < -0.3 is 14.6 Å². The lowest BCUT2D eigenvalue weighted by molar-refractivity contribution is -0.270. The Morgan fingerprint density at radius 2 is 1.89 bits per heavy atom. The average Bonchev–Trinajstić information content (AvgIpc) is 3.26. The van der Waals surface area contributed by atoms with Gasteiger partial charge in [-0.05, 0) is 80.1 Å². The molecular weight excluding hydrogens is 464 g/mol. The highest BCUT2D eigenvalue weighted by molar-refractivity contribution is 5.85. The zero-order valence-corrected chi connectivity index (χ0v) is 24.2. The molecule has 0 aromatic heterocycles. The number of hydrogen-bond acceptors (Lipinski definition) is 5. The standard InChI is InChI=1S/C32H52O5/c1-22(2)11-9-16-31-17-10-15-30(5,26-12-7-6-8-13-26)29(31)27(37-24(4)33)19-23(3)32(31,35)18-14-25-20-28(34)36-21-25/h20,22-23,26-27,29,35H,6-19,21H2,1-5H3/t23-,27-,29+,30+,31+,32-/m1/s1. The molecule has 0 spiro atoms. The summed E-state index contributed by atoms with van der Waals surface area (Å²) >= 11 is 0. The first-order valence-electron chi connectivity index (χ1n) is 15.3. The molecule has 1 N–H and O–H groups in total. The van der Waals surface area contributed by atoms with Crippen LogP contribution in [0.1, 0.15) is 125 Å². The van der Waals surface area contributed by atoms with Crippen LogP contribution in [-0.2, 0) is 19.1 Å². The minimum Gasteiger partial charge on any atom is -0.462 e. The van der Waals surface area contributed by atoms with Gasteiger partial charge in [0.25, 0.3) is 0 Å². The van der Waals surface area contributed by atoms with E-state index in [1.54, 1.807) is 13.0 Å². The van der Waals surface area contributed by atoms with E-state index in [4.69, 9.17) is 9.47 Å². The van der Waals surface area contributed by atoms with Crippen LogP contribution in [0.15, 0.2) is 11.6 Å². The topological polar surface area (TPSA) is 72.8 Å². The summed E-state index contributed by atoms with van der Waals surface area (Å²) in [7, 11) is 0. The maximum Gasteiger partial charge on any atom is 0.331 e. The Labute approximate surface area is 225 Å². The summed E-state index contributed by atoms with van der Waals surface area (Å²) in [6.07, 6.45) is 16.4. The van der Waals surface area contributed by atoms with Crippen LogP contribution in [0.5, 0.6) is 0 Å². The molecule has 0 saturated heterocycles. The van der Waals surface area contributed by atoms with E-state index in [1.165, 1.54) is 32.1 Å². The maximum atomic E-state index is 13.0. The van der Waals surface area contributed by atoms with Gasteiger partial charge in [-0.25, -0.2) is 4.79 Å². The van der Waals surface area contributed by atoms with Crippen molar-refractivity contribution >= 4 is 11.9 Å². The van der Waals surface area contributed by atoms with Gasteiger partial charge in [-0.2, -0.15) is 0 Å². The Balaban J connectivity index is 1.78. The lowest BCUT2D eigenvalue weighted by Gasteiger charge is -2.68. The minimum absolute atomic E-state index is 0.0134. The molecule has 3 saturated carbocycles. The molecule has 210 valence electrons. The van der Waals surface area contributed by atoms with E-state index in [-0.39, 0.29) is 40.7 Å². The van der Waals surface area contributed by atoms with Crippen molar-refractivity contribution in [1.82, 2.24) is 0 Å². The van der Waals surface area contributed by atoms with Crippen molar-refractivity contribution in [2.45, 2.75) is 136 Å². The van der Waals surface area contributed by atoms with E-state index in [2.05, 4.69) is 27.7 Å². The summed E-state index contributed by atoms with van der Waals surface area (Å²) in [4.78, 5) is 24.2. The van der Waals surface area contributed by atoms with Crippen molar-refractivity contribution in [3.05, 3.63) is 11.6 Å². The molecule has 0 aromatic carbocycles. The van der Waals surface area contributed by atoms with Crippen molar-refractivity contribution in [1.29, 1.82) is 0 Å². The highest BCUT2D eigenvalue weighted by Crippen LogP contribution is 2.69. The quantitative estimate of drug-likeness (QED) is 0.329. The summed E-state index contributed by atoms with van der Waals surface area (Å²) in [6, 6.07) is 0. The number of rotatable bonds is 9. The van der Waals surface area contributed by atoms with Gasteiger partial charge >= 0.3 is 11.9 Å². The Kier molecular flexibility index (Phi) is 8.83. The van der Waals surface area contributed by atoms with Crippen LogP contribution >= 0.6 is 0 Å². The number of fused-ring (bicyclic) bond motifs is 1. The van der Waals surface area contributed by atoms with Crippen LogP contribution in [0.3, 0.4) is 0 Å². The summed E-state index contributed by atoms with van der Waals surface area (Å²) in [6.45, 7) is 11.1. The van der Waals surface area contributed by atoms with E-state index >= 15 is 0 Å². The summed E-state index contributed by atoms with van der Waals surface area (Å²) in [5.74, 6) is 0.954. The van der Waals surface area contributed by atoms with E-state index in [0.717, 1.165) is 44.1 Å². The second-order valence-corrected chi connectivity index (χ2v) is 13.7. The molecule has 37 heavy (non-hydrogen) atoms. The van der Waals surface area contributed by atoms with Crippen LogP contribution in [-0.4, -0.2) is 35.4 Å². The second kappa shape index (κ2) is 11.4. The number of ether oxygens (including phenoxy) is 2. The fraction of sp³-hybridized carbons (Fsp3) is 0.875. The third-order valence-electron chi connectivity index (χ3n) is 11.1. The lowest BCUT2D eigenvalue weighted by atomic mass is 9.39. The fourth-order valence-corrected chi connectivity index (χ4v) is 9.44. The summed E-state index contributed by atoms with van der Waals surface area (Å²) in [5.41, 5.74) is -0.119. The largest absolute Gasteiger partial charge is 0.462 e. The molecule has 0 aromatic rings. The first-order valence-corrected chi connectivity index (χ1v) is 15.3. The predicted octanol–water partition coefficient (Wildman–Crippen LogP) is 7.15. The zero-order valence-electron chi connectivity index (χ0n) is 24.2. The highest BCUT2D eigenvalue weighted by atomic mass is 16.5. The van der Waals surface area contributed by atoms with Crippen LogP contribution in [0.25, 0.3) is 0 Å². The van der Waals surface area contributed by atoms with Gasteiger partial charge in [0.15, 0.2) is 0 Å². The molecule has 3 fully saturated rings. The van der Waals surface area contributed by atoms with Gasteiger partial charge in [0.1, 0.15) is 12.7 Å². The van der Waals surface area contributed by atoms with Crippen molar-refractivity contribution in [2.24, 2.45) is 34.5 Å². The van der Waals surface area contributed by atoms with Gasteiger partial charge in [-0.3, -0.25) is 4.79 Å². The van der Waals surface area contributed by atoms with Crippen LogP contribution in [0.4, 0.5) is 0 Å². The fourth-order valence-electron chi connectivity index (χ4n) is 9.44. The number of hydrogen-bond donors (Lipinski definition) is 1.